The quantitative estimate of drug-likeness (QED) is 0.235. The normalized spacial score (nSPS) is 10.6. The number of hydrogen-bond donors (Lipinski definition) is 1. The molecule has 0 saturated heterocycles. The number of esters is 1. The van der Waals surface area contributed by atoms with Gasteiger partial charge in [-0.2, -0.15) is 5.26 Å². The summed E-state index contributed by atoms with van der Waals surface area (Å²) in [7, 11) is 0. The van der Waals surface area contributed by atoms with Crippen LogP contribution in [0.5, 0.6) is 0 Å². The molecule has 1 N–H and O–H groups in total. The van der Waals surface area contributed by atoms with Gasteiger partial charge in [0.15, 0.2) is 6.19 Å². The summed E-state index contributed by atoms with van der Waals surface area (Å²) in [6.45, 7) is 4.12. The number of carbonyl (C=O) groups is 1. The Labute approximate surface area is 90.1 Å². The molecule has 0 aliphatic rings. The van der Waals surface area contributed by atoms with Crippen LogP contribution in [0.1, 0.15) is 33.1 Å². The van der Waals surface area contributed by atoms with Gasteiger partial charge in [0.25, 0.3) is 0 Å². The second-order valence-electron chi connectivity index (χ2n) is 2.91. The van der Waals surface area contributed by atoms with Crippen LogP contribution in [0.15, 0.2) is 4.99 Å². The molecule has 0 radical (unpaired) electrons. The third kappa shape index (κ3) is 7.50. The Balaban J connectivity index is 4.04. The first-order valence-corrected chi connectivity index (χ1v) is 5.08. The Bertz CT molecular complexity index is 256. The molecule has 0 aromatic heterocycles. The number of nitrogens with one attached hydrogen (secondary N) is 1. The molecule has 0 unspecified atom stereocenters. The van der Waals surface area contributed by atoms with E-state index in [4.69, 9.17) is 10.00 Å². The largest absolute Gasteiger partial charge is 0.465 e. The number of unbranched alkanes of at least 4 members (excludes halogenated alkanes) is 1. The lowest BCUT2D eigenvalue weighted by Gasteiger charge is -2.03. The molecule has 5 heteroatoms. The fourth-order valence-corrected chi connectivity index (χ4v) is 0.956. The van der Waals surface area contributed by atoms with Gasteiger partial charge in [0.2, 0.25) is 0 Å². The number of hydrogen-bond acceptors (Lipinski definition) is 4. The van der Waals surface area contributed by atoms with Gasteiger partial charge >= 0.3 is 5.97 Å². The highest BCUT2D eigenvalue weighted by Gasteiger charge is 2.02. The first-order chi connectivity index (χ1) is 7.24. The highest BCUT2D eigenvalue weighted by Crippen LogP contribution is 1.95. The van der Waals surface area contributed by atoms with E-state index in [0.29, 0.717) is 18.9 Å². The molecule has 0 aromatic rings. The van der Waals surface area contributed by atoms with Crippen molar-refractivity contribution < 1.29 is 9.53 Å². The van der Waals surface area contributed by atoms with Crippen molar-refractivity contribution in [2.75, 3.05) is 13.2 Å². The molecule has 0 aromatic carbocycles. The van der Waals surface area contributed by atoms with Crippen LogP contribution >= 0.6 is 0 Å². The smallest absolute Gasteiger partial charge is 0.327 e. The monoisotopic (exact) mass is 211 g/mol. The van der Waals surface area contributed by atoms with Crippen LogP contribution in [0, 0.1) is 11.5 Å². The van der Waals surface area contributed by atoms with Gasteiger partial charge in [0.05, 0.1) is 6.61 Å². The van der Waals surface area contributed by atoms with Crippen LogP contribution in [-0.4, -0.2) is 25.0 Å². The molecular formula is C10H17N3O2. The summed E-state index contributed by atoms with van der Waals surface area (Å²) in [6.07, 6.45) is 4.44. The standard InChI is InChI=1S/C10H17N3O2/c1-3-5-6-9(13-8-11)12-7-10(14)15-4-2/h3-7H2,1-2H3,(H,12,13). The van der Waals surface area contributed by atoms with Crippen molar-refractivity contribution in [3.8, 4) is 6.19 Å². The van der Waals surface area contributed by atoms with Gasteiger partial charge in [-0.25, -0.2) is 0 Å². The van der Waals surface area contributed by atoms with Crippen LogP contribution in [0.3, 0.4) is 0 Å². The predicted molar refractivity (Wildman–Crippen MR) is 57.2 cm³/mol. The summed E-state index contributed by atoms with van der Waals surface area (Å²) in [5, 5.41) is 10.9. The minimum Gasteiger partial charge on any atom is -0.465 e. The van der Waals surface area contributed by atoms with Crippen LogP contribution in [0.4, 0.5) is 0 Å². The zero-order valence-electron chi connectivity index (χ0n) is 9.25. The van der Waals surface area contributed by atoms with Gasteiger partial charge in [0.1, 0.15) is 12.4 Å². The number of nitrogens with zero attached hydrogens (tertiary/aromatic N) is 2. The summed E-state index contributed by atoms with van der Waals surface area (Å²) in [5.74, 6) is 0.179. The van der Waals surface area contributed by atoms with E-state index in [2.05, 4.69) is 17.2 Å². The third-order valence-corrected chi connectivity index (χ3v) is 1.67. The number of nitriles is 1. The second-order valence-corrected chi connectivity index (χ2v) is 2.91. The second kappa shape index (κ2) is 9.00. The van der Waals surface area contributed by atoms with Crippen LogP contribution in [-0.2, 0) is 9.53 Å². The lowest BCUT2D eigenvalue weighted by Crippen LogP contribution is -2.20. The van der Waals surface area contributed by atoms with E-state index in [1.54, 1.807) is 13.1 Å². The van der Waals surface area contributed by atoms with E-state index in [9.17, 15) is 4.79 Å². The summed E-state index contributed by atoms with van der Waals surface area (Å²) in [5.41, 5.74) is 0. The SMILES string of the molecule is CCCCC(=NCC(=O)OCC)NC#N. The van der Waals surface area contributed by atoms with Crippen LogP contribution in [0.25, 0.3) is 0 Å². The van der Waals surface area contributed by atoms with Gasteiger partial charge in [-0.05, 0) is 13.3 Å². The fourth-order valence-electron chi connectivity index (χ4n) is 0.956. The molecule has 15 heavy (non-hydrogen) atoms. The Morgan fingerprint density at radius 1 is 1.53 bits per heavy atom. The van der Waals surface area contributed by atoms with E-state index in [-0.39, 0.29) is 12.5 Å². The zero-order chi connectivity index (χ0) is 11.5. The molecule has 0 amide bonds. The van der Waals surface area contributed by atoms with Crippen molar-refractivity contribution >= 4 is 11.8 Å². The van der Waals surface area contributed by atoms with E-state index in [1.165, 1.54) is 0 Å². The maximum absolute atomic E-state index is 11.0. The highest BCUT2D eigenvalue weighted by atomic mass is 16.5. The summed E-state index contributed by atoms with van der Waals surface area (Å²) in [4.78, 5) is 15.0. The van der Waals surface area contributed by atoms with Gasteiger partial charge in [-0.15, -0.1) is 0 Å². The first-order valence-electron chi connectivity index (χ1n) is 5.08. The maximum atomic E-state index is 11.0. The van der Waals surface area contributed by atoms with E-state index in [1.807, 2.05) is 0 Å². The van der Waals surface area contributed by atoms with Crippen molar-refractivity contribution in [3.63, 3.8) is 0 Å². The number of aliphatic imine (C=N–C) groups is 1. The van der Waals surface area contributed by atoms with Crippen molar-refractivity contribution in [1.82, 2.24) is 5.32 Å². The van der Waals surface area contributed by atoms with Crippen molar-refractivity contribution in [2.24, 2.45) is 4.99 Å². The molecule has 0 fully saturated rings. The van der Waals surface area contributed by atoms with Crippen LogP contribution < -0.4 is 5.32 Å². The predicted octanol–water partition coefficient (Wildman–Crippen LogP) is 1.21. The summed E-state index contributed by atoms with van der Waals surface area (Å²) in [6, 6.07) is 0. The first kappa shape index (κ1) is 13.4. The van der Waals surface area contributed by atoms with E-state index in [0.717, 1.165) is 12.8 Å². The average Bonchev–Trinajstić information content (AvgIpc) is 2.22. The van der Waals surface area contributed by atoms with Crippen molar-refractivity contribution in [2.45, 2.75) is 33.1 Å². The molecule has 0 bridgehead atoms. The third-order valence-electron chi connectivity index (χ3n) is 1.67. The molecule has 0 spiro atoms. The van der Waals surface area contributed by atoms with Gasteiger partial charge < -0.3 is 4.74 Å². The van der Waals surface area contributed by atoms with Crippen molar-refractivity contribution in [3.05, 3.63) is 0 Å². The fraction of sp³-hybridized carbons (Fsp3) is 0.700. The molecule has 0 aliphatic heterocycles. The summed E-state index contributed by atoms with van der Waals surface area (Å²) >= 11 is 0. The molecule has 0 atom stereocenters. The minimum atomic E-state index is -0.369. The van der Waals surface area contributed by atoms with E-state index < -0.39 is 0 Å². The molecule has 0 rings (SSSR count). The lowest BCUT2D eigenvalue weighted by molar-refractivity contribution is -0.141. The number of carbonyl (C=O) groups excluding carboxylic acids is 1. The van der Waals surface area contributed by atoms with Gasteiger partial charge in [-0.1, -0.05) is 13.3 Å². The molecule has 0 aliphatic carbocycles. The maximum Gasteiger partial charge on any atom is 0.327 e. The highest BCUT2D eigenvalue weighted by molar-refractivity contribution is 5.85. The van der Waals surface area contributed by atoms with Gasteiger partial charge in [0, 0.05) is 6.42 Å². The summed E-state index contributed by atoms with van der Waals surface area (Å²) < 4.78 is 4.72. The lowest BCUT2D eigenvalue weighted by atomic mass is 10.2. The molecule has 84 valence electrons. The number of amidine groups is 1. The molecule has 5 nitrogen and oxygen atoms in total. The topological polar surface area (TPSA) is 74.5 Å². The molecule has 0 heterocycles. The van der Waals surface area contributed by atoms with Gasteiger partial charge in [-0.3, -0.25) is 15.1 Å². The Morgan fingerprint density at radius 2 is 2.27 bits per heavy atom. The minimum absolute atomic E-state index is 0.0262. The molecular weight excluding hydrogens is 194 g/mol. The zero-order valence-corrected chi connectivity index (χ0v) is 9.25. The number of rotatable bonds is 6. The number of ether oxygens (including phenoxy) is 1. The Kier molecular flexibility index (Phi) is 8.06. The van der Waals surface area contributed by atoms with Crippen molar-refractivity contribution in [1.29, 1.82) is 5.26 Å². The van der Waals surface area contributed by atoms with E-state index >= 15 is 0 Å². The Hall–Kier alpha value is -1.57. The molecule has 0 saturated carbocycles. The average molecular weight is 211 g/mol. The van der Waals surface area contributed by atoms with Crippen LogP contribution in [0.2, 0.25) is 0 Å². The Morgan fingerprint density at radius 3 is 2.80 bits per heavy atom.